The number of benzene rings is 12. The van der Waals surface area contributed by atoms with Crippen molar-refractivity contribution in [2.45, 2.75) is 71.6 Å². The van der Waals surface area contributed by atoms with Gasteiger partial charge in [0.25, 0.3) is 0 Å². The van der Waals surface area contributed by atoms with Gasteiger partial charge in [-0.15, -0.1) is 0 Å². The van der Waals surface area contributed by atoms with Gasteiger partial charge < -0.3 is 0 Å². The molecule has 0 unspecified atom stereocenters. The number of aryl methyl sites for hydroxylation is 8. The summed E-state index contributed by atoms with van der Waals surface area (Å²) in [5, 5.41) is 0. The van der Waals surface area contributed by atoms with Gasteiger partial charge in [-0.25, -0.2) is 0 Å². The lowest BCUT2D eigenvalue weighted by Gasteiger charge is -2.32. The van der Waals surface area contributed by atoms with Crippen molar-refractivity contribution in [3.63, 3.8) is 0 Å². The highest BCUT2D eigenvalue weighted by Gasteiger charge is 2.55. The summed E-state index contributed by atoms with van der Waals surface area (Å²) in [6, 6.07) is 87.3. The van der Waals surface area contributed by atoms with E-state index >= 15 is 0 Å². The fourth-order valence-electron chi connectivity index (χ4n) is 17.3. The van der Waals surface area contributed by atoms with Gasteiger partial charge in [-0.3, -0.25) is 0 Å². The van der Waals surface area contributed by atoms with Crippen molar-refractivity contribution >= 4 is 0 Å². The molecule has 0 bridgehead atoms. The Hall–Kier alpha value is -9.36. The molecule has 0 nitrogen and oxygen atoms in total. The van der Waals surface area contributed by atoms with Crippen LogP contribution in [0.1, 0.15) is 111 Å². The lowest BCUT2D eigenvalue weighted by molar-refractivity contribution is 0.789. The van der Waals surface area contributed by atoms with Crippen LogP contribution in [0.5, 0.6) is 0 Å². The summed E-state index contributed by atoms with van der Waals surface area (Å²) in [5.41, 5.74) is 46.4. The van der Waals surface area contributed by atoms with Crippen LogP contribution in [0.3, 0.4) is 0 Å². The third kappa shape index (κ3) is 5.77. The fourth-order valence-corrected chi connectivity index (χ4v) is 17.3. The molecule has 0 aromatic heterocycles. The van der Waals surface area contributed by atoms with Crippen LogP contribution < -0.4 is 0 Å². The van der Waals surface area contributed by atoms with E-state index in [1.165, 1.54) is 200 Å². The van der Waals surface area contributed by atoms with E-state index in [1.807, 2.05) is 0 Å². The van der Waals surface area contributed by atoms with E-state index in [1.54, 1.807) is 0 Å². The Balaban J connectivity index is 0.862. The molecule has 0 atom stereocenters. The molecule has 0 fully saturated rings. The molecule has 0 heteroatoms. The molecule has 6 aliphatic carbocycles. The fraction of sp³-hybridized carbons (Fsp3) is 0.133. The normalized spacial score (nSPS) is 15.0. The van der Waals surface area contributed by atoms with Crippen molar-refractivity contribution in [2.24, 2.45) is 0 Å². The Bertz CT molecular complexity index is 4550. The van der Waals surface area contributed by atoms with Crippen LogP contribution in [-0.4, -0.2) is 0 Å². The maximum Gasteiger partial charge on any atom is 0.0726 e. The molecule has 83 heavy (non-hydrogen) atoms. The molecule has 0 saturated carbocycles. The standard InChI is InChI=1S/C83H60/c1-45-9-21-57-58-22-10-46(2)34-70(58)81(69(57)33-45)73-37-49(5)13-25-61(73)65-29-17-53(41-77(65)81)55-19-31-67-63-27-15-51(7)39-75(63)83(79(67)43-55)76-40-52(8)16-28-64(76)68-32-20-56(44-80(68)83)54-18-30-66-62-26-14-50(6)38-74(62)82(78(66)42-54)71-35-47(3)11-23-59(71)60-24-12-48(4)36-72(60)82/h9-44H,1-8H3. The van der Waals surface area contributed by atoms with Crippen molar-refractivity contribution < 1.29 is 0 Å². The average Bonchev–Trinajstić information content (AvgIpc) is 2.15. The van der Waals surface area contributed by atoms with E-state index in [4.69, 9.17) is 0 Å². The lowest BCUT2D eigenvalue weighted by atomic mass is 9.68. The van der Waals surface area contributed by atoms with Gasteiger partial charge in [-0.1, -0.05) is 239 Å². The van der Waals surface area contributed by atoms with Crippen LogP contribution in [0.4, 0.5) is 0 Å². The molecular formula is C83H60. The molecule has 0 aliphatic heterocycles. The van der Waals surface area contributed by atoms with Crippen LogP contribution in [0.15, 0.2) is 218 Å². The van der Waals surface area contributed by atoms with Gasteiger partial charge in [-0.05, 0) is 235 Å². The Morgan fingerprint density at radius 1 is 0.145 bits per heavy atom. The summed E-state index contributed by atoms with van der Waals surface area (Å²) in [6.45, 7) is 18.1. The minimum Gasteiger partial charge on any atom is -0.0587 e. The first-order valence-electron chi connectivity index (χ1n) is 29.9. The second-order valence-electron chi connectivity index (χ2n) is 25.7. The second kappa shape index (κ2) is 16.0. The van der Waals surface area contributed by atoms with Gasteiger partial charge in [0.15, 0.2) is 0 Å². The van der Waals surface area contributed by atoms with Gasteiger partial charge >= 0.3 is 0 Å². The van der Waals surface area contributed by atoms with Gasteiger partial charge in [0.2, 0.25) is 0 Å². The van der Waals surface area contributed by atoms with Crippen molar-refractivity contribution in [3.05, 3.63) is 330 Å². The molecule has 0 heterocycles. The number of rotatable bonds is 2. The Labute approximate surface area is 487 Å². The van der Waals surface area contributed by atoms with E-state index in [0.29, 0.717) is 0 Å². The zero-order valence-electron chi connectivity index (χ0n) is 48.3. The third-order valence-corrected chi connectivity index (χ3v) is 20.7. The minimum absolute atomic E-state index is 0.445. The Morgan fingerprint density at radius 3 is 0.410 bits per heavy atom. The van der Waals surface area contributed by atoms with E-state index in [0.717, 1.165) is 0 Å². The van der Waals surface area contributed by atoms with Crippen molar-refractivity contribution in [3.8, 4) is 89.0 Å². The van der Waals surface area contributed by atoms with Crippen LogP contribution >= 0.6 is 0 Å². The first kappa shape index (κ1) is 47.3. The minimum atomic E-state index is -0.562. The van der Waals surface area contributed by atoms with Gasteiger partial charge in [-0.2, -0.15) is 0 Å². The quantitative estimate of drug-likeness (QED) is 0.162. The average molecular weight is 1060 g/mol. The first-order chi connectivity index (χ1) is 40.3. The van der Waals surface area contributed by atoms with E-state index < -0.39 is 16.2 Å². The molecule has 0 radical (unpaired) electrons. The smallest absolute Gasteiger partial charge is 0.0587 e. The molecule has 12 aromatic rings. The second-order valence-corrected chi connectivity index (χ2v) is 25.7. The lowest BCUT2D eigenvalue weighted by Crippen LogP contribution is -2.26. The molecule has 3 spiro atoms. The summed E-state index contributed by atoms with van der Waals surface area (Å²) in [4.78, 5) is 0. The maximum atomic E-state index is 2.60. The van der Waals surface area contributed by atoms with E-state index in [9.17, 15) is 0 Å². The highest BCUT2D eigenvalue weighted by Crippen LogP contribution is 2.68. The molecule has 0 N–H and O–H groups in total. The van der Waals surface area contributed by atoms with Crippen molar-refractivity contribution in [1.29, 1.82) is 0 Å². The topological polar surface area (TPSA) is 0 Å². The molecule has 12 aromatic carbocycles. The van der Waals surface area contributed by atoms with Crippen molar-refractivity contribution in [2.75, 3.05) is 0 Å². The molecule has 0 amide bonds. The van der Waals surface area contributed by atoms with E-state index in [-0.39, 0.29) is 0 Å². The SMILES string of the molecule is Cc1ccc2c(c1)C1(c3cc(C)ccc3-2)c2cc(C)ccc2-c2ccc(-c3ccc4c(c3)C3(c5cc(C)ccc5-4)c4cc(C)ccc4-c4ccc(-c5ccc6c(c5)C5(c7cc(C)ccc7-c7ccc(C)cc75)c5cc(C)ccc5-6)cc43)cc21. The summed E-state index contributed by atoms with van der Waals surface area (Å²) in [6.07, 6.45) is 0. The van der Waals surface area contributed by atoms with Gasteiger partial charge in [0.05, 0.1) is 16.2 Å². The number of fused-ring (bicyclic) bond motifs is 30. The molecule has 18 rings (SSSR count). The number of hydrogen-bond donors (Lipinski definition) is 0. The van der Waals surface area contributed by atoms with Crippen LogP contribution in [0, 0.1) is 55.4 Å². The molecular weight excluding hydrogens is 997 g/mol. The van der Waals surface area contributed by atoms with Crippen LogP contribution in [0.2, 0.25) is 0 Å². The third-order valence-electron chi connectivity index (χ3n) is 20.7. The zero-order chi connectivity index (χ0) is 55.7. The van der Waals surface area contributed by atoms with E-state index in [2.05, 4.69) is 274 Å². The Kier molecular flexibility index (Phi) is 9.12. The highest BCUT2D eigenvalue weighted by molar-refractivity contribution is 6.01. The first-order valence-corrected chi connectivity index (χ1v) is 29.9. The molecule has 0 saturated heterocycles. The van der Waals surface area contributed by atoms with Gasteiger partial charge in [0, 0.05) is 0 Å². The Morgan fingerprint density at radius 2 is 0.265 bits per heavy atom. The molecule has 6 aliphatic rings. The van der Waals surface area contributed by atoms with Crippen molar-refractivity contribution in [1.82, 2.24) is 0 Å². The number of hydrogen-bond acceptors (Lipinski definition) is 0. The summed E-state index contributed by atoms with van der Waals surface area (Å²) >= 11 is 0. The maximum absolute atomic E-state index is 2.60. The highest BCUT2D eigenvalue weighted by atomic mass is 14.6. The van der Waals surface area contributed by atoms with Crippen LogP contribution in [0.25, 0.3) is 89.0 Å². The summed E-state index contributed by atoms with van der Waals surface area (Å²) in [5.74, 6) is 0. The summed E-state index contributed by atoms with van der Waals surface area (Å²) < 4.78 is 0. The van der Waals surface area contributed by atoms with Gasteiger partial charge in [0.1, 0.15) is 0 Å². The molecule has 392 valence electrons. The zero-order valence-corrected chi connectivity index (χ0v) is 48.3. The predicted octanol–water partition coefficient (Wildman–Crippen LogP) is 20.5. The van der Waals surface area contributed by atoms with Crippen LogP contribution in [-0.2, 0) is 16.2 Å². The largest absolute Gasteiger partial charge is 0.0726 e. The predicted molar refractivity (Wildman–Crippen MR) is 344 cm³/mol. The summed E-state index contributed by atoms with van der Waals surface area (Å²) in [7, 11) is 0. The monoisotopic (exact) mass is 1060 g/mol.